The summed E-state index contributed by atoms with van der Waals surface area (Å²) >= 11 is 0. The van der Waals surface area contributed by atoms with Crippen molar-refractivity contribution < 1.29 is 8.42 Å². The molecule has 39 heavy (non-hydrogen) atoms. The number of nitrogens with zero attached hydrogens (tertiary/aromatic N) is 3. The molecule has 0 unspecified atom stereocenters. The number of nitrogens with one attached hydrogen (secondary N) is 3. The van der Waals surface area contributed by atoms with Crippen LogP contribution < -0.4 is 10.5 Å². The van der Waals surface area contributed by atoms with E-state index < -0.39 is 15.3 Å². The van der Waals surface area contributed by atoms with Crippen molar-refractivity contribution in [2.24, 2.45) is 5.73 Å². The van der Waals surface area contributed by atoms with Crippen molar-refractivity contribution >= 4 is 49.2 Å². The molecule has 10 heteroatoms. The van der Waals surface area contributed by atoms with Gasteiger partial charge in [-0.3, -0.25) is 15.5 Å². The average molecular weight is 546 g/mol. The van der Waals surface area contributed by atoms with Crippen LogP contribution >= 0.6 is 0 Å². The van der Waals surface area contributed by atoms with Gasteiger partial charge in [0.1, 0.15) is 11.7 Å². The third-order valence-electron chi connectivity index (χ3n) is 7.47. The van der Waals surface area contributed by atoms with Crippen molar-refractivity contribution in [3.8, 4) is 0 Å². The molecule has 0 bridgehead atoms. The number of hydrogen-bond donors (Lipinski definition) is 4. The lowest BCUT2D eigenvalue weighted by atomic mass is 10.0. The van der Waals surface area contributed by atoms with E-state index in [-0.39, 0.29) is 11.8 Å². The smallest absolute Gasteiger partial charge is 0.235 e. The monoisotopic (exact) mass is 545 g/mol. The zero-order chi connectivity index (χ0) is 27.9. The Hall–Kier alpha value is -3.92. The Bertz CT molecular complexity index is 1680. The molecule has 0 saturated carbocycles. The highest BCUT2D eigenvalue weighted by Crippen LogP contribution is 2.28. The highest BCUT2D eigenvalue weighted by molar-refractivity contribution is 7.93. The number of nitrogen functional groups attached to an aromatic ring is 1. The summed E-state index contributed by atoms with van der Waals surface area (Å²) in [5, 5.41) is 17.2. The second-order valence-electron chi connectivity index (χ2n) is 10.6. The van der Waals surface area contributed by atoms with Crippen molar-refractivity contribution in [1.82, 2.24) is 14.5 Å². The molecule has 0 spiro atoms. The summed E-state index contributed by atoms with van der Waals surface area (Å²) in [6.45, 7) is 7.65. The van der Waals surface area contributed by atoms with Gasteiger partial charge in [-0.05, 0) is 66.4 Å². The van der Waals surface area contributed by atoms with Crippen molar-refractivity contribution in [3.05, 3.63) is 71.5 Å². The summed E-state index contributed by atoms with van der Waals surface area (Å²) in [4.78, 5) is 6.79. The molecular weight excluding hydrogens is 510 g/mol. The summed E-state index contributed by atoms with van der Waals surface area (Å²) in [7, 11) is -3.58. The molecule has 5 N–H and O–H groups in total. The summed E-state index contributed by atoms with van der Waals surface area (Å²) in [6.07, 6.45) is 0.993. The van der Waals surface area contributed by atoms with Gasteiger partial charge in [0.25, 0.3) is 0 Å². The van der Waals surface area contributed by atoms with E-state index in [2.05, 4.69) is 41.3 Å². The number of amidine groups is 2. The molecule has 2 heterocycles. The molecule has 5 rings (SSSR count). The predicted molar refractivity (Wildman–Crippen MR) is 158 cm³/mol. The molecule has 1 saturated heterocycles. The van der Waals surface area contributed by atoms with Gasteiger partial charge in [0.15, 0.2) is 0 Å². The Labute approximate surface area is 229 Å². The number of anilines is 1. The first-order valence-corrected chi connectivity index (χ1v) is 14.8. The molecule has 1 aliphatic heterocycles. The first-order chi connectivity index (χ1) is 18.5. The Morgan fingerprint density at radius 3 is 2.44 bits per heavy atom. The Morgan fingerprint density at radius 2 is 1.77 bits per heavy atom. The van der Waals surface area contributed by atoms with Crippen molar-refractivity contribution in [1.29, 1.82) is 10.8 Å². The molecule has 3 aromatic carbocycles. The topological polar surface area (TPSA) is 141 Å². The molecule has 0 aliphatic carbocycles. The van der Waals surface area contributed by atoms with E-state index in [0.29, 0.717) is 49.6 Å². The van der Waals surface area contributed by atoms with Crippen molar-refractivity contribution in [2.75, 3.05) is 17.8 Å². The van der Waals surface area contributed by atoms with E-state index >= 15 is 0 Å². The quantitative estimate of drug-likeness (QED) is 0.194. The summed E-state index contributed by atoms with van der Waals surface area (Å²) < 4.78 is 31.4. The second kappa shape index (κ2) is 10.3. The van der Waals surface area contributed by atoms with Crippen LogP contribution in [-0.2, 0) is 16.6 Å². The lowest BCUT2D eigenvalue weighted by Gasteiger charge is -2.32. The van der Waals surface area contributed by atoms with E-state index in [0.717, 1.165) is 33.2 Å². The van der Waals surface area contributed by atoms with Gasteiger partial charge >= 0.3 is 0 Å². The molecule has 9 nitrogen and oxygen atoms in total. The highest BCUT2D eigenvalue weighted by atomic mass is 32.2. The second-order valence-corrected chi connectivity index (χ2v) is 12.6. The lowest BCUT2D eigenvalue weighted by molar-refractivity contribution is 0.338. The van der Waals surface area contributed by atoms with Crippen LogP contribution in [0.5, 0.6) is 0 Å². The lowest BCUT2D eigenvalue weighted by Crippen LogP contribution is -2.42. The van der Waals surface area contributed by atoms with Crippen LogP contribution in [0, 0.1) is 10.8 Å². The van der Waals surface area contributed by atoms with Gasteiger partial charge in [-0.2, -0.15) is 0 Å². The first kappa shape index (κ1) is 26.7. The Morgan fingerprint density at radius 1 is 1.05 bits per heavy atom. The largest absolute Gasteiger partial charge is 0.384 e. The minimum absolute atomic E-state index is 0.0374. The van der Waals surface area contributed by atoms with Crippen LogP contribution in [0.4, 0.5) is 5.69 Å². The number of likely N-dealkylation sites (tertiary alicyclic amines) is 1. The van der Waals surface area contributed by atoms with E-state index in [1.807, 2.05) is 35.2 Å². The number of fused-ring (bicyclic) bond motifs is 2. The van der Waals surface area contributed by atoms with Gasteiger partial charge in [-0.15, -0.1) is 0 Å². The van der Waals surface area contributed by atoms with Crippen molar-refractivity contribution in [3.63, 3.8) is 0 Å². The van der Waals surface area contributed by atoms with Gasteiger partial charge in [-0.25, -0.2) is 13.4 Å². The fraction of sp³-hybridized carbons (Fsp3) is 0.345. The fourth-order valence-corrected chi connectivity index (χ4v) is 6.76. The number of imidazole rings is 1. The third-order valence-corrected chi connectivity index (χ3v) is 9.34. The maximum Gasteiger partial charge on any atom is 0.235 e. The van der Waals surface area contributed by atoms with Gasteiger partial charge in [0, 0.05) is 31.1 Å². The van der Waals surface area contributed by atoms with Gasteiger partial charge in [0.05, 0.1) is 27.8 Å². The van der Waals surface area contributed by atoms with E-state index in [1.54, 1.807) is 13.0 Å². The van der Waals surface area contributed by atoms with Crippen LogP contribution in [0.3, 0.4) is 0 Å². The van der Waals surface area contributed by atoms with E-state index in [9.17, 15) is 8.42 Å². The van der Waals surface area contributed by atoms with Gasteiger partial charge < -0.3 is 15.2 Å². The zero-order valence-corrected chi connectivity index (χ0v) is 23.3. The van der Waals surface area contributed by atoms with Crippen LogP contribution in [0.15, 0.2) is 54.6 Å². The molecular formula is C29H35N7O2S. The predicted octanol–water partition coefficient (Wildman–Crippen LogP) is 4.85. The van der Waals surface area contributed by atoms with Gasteiger partial charge in [-0.1, -0.05) is 38.1 Å². The van der Waals surface area contributed by atoms with Gasteiger partial charge in [0.2, 0.25) is 10.0 Å². The van der Waals surface area contributed by atoms with E-state index in [4.69, 9.17) is 21.5 Å². The average Bonchev–Trinajstić information content (AvgIpc) is 3.26. The fourth-order valence-electron chi connectivity index (χ4n) is 5.31. The summed E-state index contributed by atoms with van der Waals surface area (Å²) in [5.41, 5.74) is 9.67. The number of aromatic nitrogens is 2. The standard InChI is InChI=1S/C29H35N7O2S/c1-18(2)29-33-26-9-8-24(34-39(37,38)25-10-12-35(13-11-25)19(3)30)16-27(26)36(29)17-20-4-5-21-6-7-22(28(31)32)15-23(21)14-20/h4-9,14-16,18,25,30,34H,10-13,17H2,1-3H3,(H3,31,32). The first-order valence-electron chi connectivity index (χ1n) is 13.2. The number of benzene rings is 3. The summed E-state index contributed by atoms with van der Waals surface area (Å²) in [6, 6.07) is 17.5. The normalized spacial score (nSPS) is 14.8. The van der Waals surface area contributed by atoms with Crippen LogP contribution in [-0.4, -0.2) is 52.9 Å². The number of hydrogen-bond acceptors (Lipinski definition) is 5. The third kappa shape index (κ3) is 5.47. The maximum atomic E-state index is 13.2. The number of nitrogens with two attached hydrogens (primary N) is 1. The van der Waals surface area contributed by atoms with Crippen LogP contribution in [0.1, 0.15) is 56.5 Å². The molecule has 1 fully saturated rings. The van der Waals surface area contributed by atoms with Crippen LogP contribution in [0.25, 0.3) is 21.8 Å². The summed E-state index contributed by atoms with van der Waals surface area (Å²) in [5.74, 6) is 1.61. The zero-order valence-electron chi connectivity index (χ0n) is 22.5. The molecule has 1 aliphatic rings. The molecule has 4 aromatic rings. The van der Waals surface area contributed by atoms with Crippen molar-refractivity contribution in [2.45, 2.75) is 51.3 Å². The molecule has 0 atom stereocenters. The SMILES string of the molecule is CC(=N)N1CCC(S(=O)(=O)Nc2ccc3nc(C(C)C)n(Cc4ccc5ccc(C(=N)N)cc5c4)c3c2)CC1. The minimum atomic E-state index is -3.58. The van der Waals surface area contributed by atoms with Crippen LogP contribution in [0.2, 0.25) is 0 Å². The molecule has 0 radical (unpaired) electrons. The number of rotatable bonds is 7. The molecule has 0 amide bonds. The Kier molecular flexibility index (Phi) is 7.07. The Balaban J connectivity index is 1.46. The molecule has 204 valence electrons. The number of sulfonamides is 1. The maximum absolute atomic E-state index is 13.2. The highest BCUT2D eigenvalue weighted by Gasteiger charge is 2.30. The van der Waals surface area contributed by atoms with E-state index in [1.165, 1.54) is 0 Å². The minimum Gasteiger partial charge on any atom is -0.384 e. The molecule has 1 aromatic heterocycles. The number of piperidine rings is 1.